The fourth-order valence-corrected chi connectivity index (χ4v) is 3.80. The molecule has 8 heteroatoms. The van der Waals surface area contributed by atoms with Crippen molar-refractivity contribution in [3.63, 3.8) is 0 Å². The number of nitrogens with one attached hydrogen (secondary N) is 1. The lowest BCUT2D eigenvalue weighted by atomic mass is 9.98. The van der Waals surface area contributed by atoms with Gasteiger partial charge < -0.3 is 4.74 Å². The molecule has 1 aliphatic carbocycles. The predicted octanol–water partition coefficient (Wildman–Crippen LogP) is 3.46. The number of sulfonamides is 1. The van der Waals surface area contributed by atoms with Gasteiger partial charge >= 0.3 is 0 Å². The normalized spacial score (nSPS) is 16.0. The van der Waals surface area contributed by atoms with E-state index in [1.54, 1.807) is 6.92 Å². The first-order valence-corrected chi connectivity index (χ1v) is 9.52. The highest BCUT2D eigenvalue weighted by molar-refractivity contribution is 7.92. The van der Waals surface area contributed by atoms with Gasteiger partial charge in [0.1, 0.15) is 0 Å². The summed E-state index contributed by atoms with van der Waals surface area (Å²) in [6.07, 6.45) is 5.48. The summed E-state index contributed by atoms with van der Waals surface area (Å²) in [5, 5.41) is 11.0. The maximum Gasteiger partial charge on any atom is 0.273 e. The van der Waals surface area contributed by atoms with E-state index in [2.05, 4.69) is 4.72 Å². The standard InChI is InChI=1S/C15H22N2O5S/c1-2-10-23(20,21)16-14-9-8-12(17(18)19)11-15(14)22-13-6-4-3-5-7-13/h8-9,11,13,16H,2-7,10H2,1H3. The number of hydrogen-bond acceptors (Lipinski definition) is 5. The lowest BCUT2D eigenvalue weighted by Crippen LogP contribution is -2.22. The SMILES string of the molecule is CCCS(=O)(=O)Nc1ccc([N+](=O)[O-])cc1OC1CCCCC1. The molecule has 0 heterocycles. The van der Waals surface area contributed by atoms with Crippen LogP contribution in [-0.2, 0) is 10.0 Å². The van der Waals surface area contributed by atoms with Crippen LogP contribution in [0, 0.1) is 10.1 Å². The van der Waals surface area contributed by atoms with Gasteiger partial charge in [0.05, 0.1) is 28.5 Å². The van der Waals surface area contributed by atoms with E-state index in [-0.39, 0.29) is 29.0 Å². The number of hydrogen-bond donors (Lipinski definition) is 1. The zero-order valence-electron chi connectivity index (χ0n) is 13.2. The molecule has 2 rings (SSSR count). The van der Waals surface area contributed by atoms with Crippen molar-refractivity contribution in [1.29, 1.82) is 0 Å². The van der Waals surface area contributed by atoms with Crippen molar-refractivity contribution in [2.45, 2.75) is 51.6 Å². The highest BCUT2D eigenvalue weighted by Gasteiger charge is 2.21. The quantitative estimate of drug-likeness (QED) is 0.604. The second kappa shape index (κ2) is 7.63. The highest BCUT2D eigenvalue weighted by Crippen LogP contribution is 2.33. The third kappa shape index (κ3) is 5.09. The Bertz CT molecular complexity index is 654. The van der Waals surface area contributed by atoms with Crippen LogP contribution in [0.1, 0.15) is 45.4 Å². The van der Waals surface area contributed by atoms with Gasteiger partial charge in [-0.3, -0.25) is 14.8 Å². The molecule has 1 saturated carbocycles. The molecule has 7 nitrogen and oxygen atoms in total. The van der Waals surface area contributed by atoms with Crippen LogP contribution >= 0.6 is 0 Å². The lowest BCUT2D eigenvalue weighted by Gasteiger charge is -2.24. The number of nitro groups is 1. The van der Waals surface area contributed by atoms with E-state index >= 15 is 0 Å². The summed E-state index contributed by atoms with van der Waals surface area (Å²) in [4.78, 5) is 10.4. The van der Waals surface area contributed by atoms with E-state index in [0.717, 1.165) is 32.1 Å². The zero-order chi connectivity index (χ0) is 16.9. The van der Waals surface area contributed by atoms with Crippen molar-refractivity contribution in [1.82, 2.24) is 0 Å². The molecule has 0 aliphatic heterocycles. The van der Waals surface area contributed by atoms with E-state index < -0.39 is 14.9 Å². The number of anilines is 1. The third-order valence-electron chi connectivity index (χ3n) is 3.76. The van der Waals surface area contributed by atoms with Crippen LogP contribution in [0.3, 0.4) is 0 Å². The lowest BCUT2D eigenvalue weighted by molar-refractivity contribution is -0.384. The molecule has 0 aromatic heterocycles. The molecular weight excluding hydrogens is 320 g/mol. The maximum absolute atomic E-state index is 12.0. The van der Waals surface area contributed by atoms with Gasteiger partial charge in [-0.05, 0) is 38.2 Å². The molecular formula is C15H22N2O5S. The molecule has 0 radical (unpaired) electrons. The molecule has 1 aromatic rings. The van der Waals surface area contributed by atoms with E-state index in [4.69, 9.17) is 4.74 Å². The molecule has 128 valence electrons. The van der Waals surface area contributed by atoms with Crippen molar-refractivity contribution >= 4 is 21.4 Å². The van der Waals surface area contributed by atoms with Gasteiger partial charge in [0.2, 0.25) is 10.0 Å². The Balaban J connectivity index is 2.26. The fourth-order valence-electron chi connectivity index (χ4n) is 2.66. The summed E-state index contributed by atoms with van der Waals surface area (Å²) >= 11 is 0. The highest BCUT2D eigenvalue weighted by atomic mass is 32.2. The summed E-state index contributed by atoms with van der Waals surface area (Å²) in [5.74, 6) is 0.220. The van der Waals surface area contributed by atoms with Gasteiger partial charge in [0.25, 0.3) is 5.69 Å². The first-order chi connectivity index (χ1) is 10.9. The number of rotatable bonds is 7. The number of ether oxygens (including phenoxy) is 1. The van der Waals surface area contributed by atoms with Gasteiger partial charge in [0.15, 0.2) is 5.75 Å². The van der Waals surface area contributed by atoms with Crippen LogP contribution < -0.4 is 9.46 Å². The summed E-state index contributed by atoms with van der Waals surface area (Å²) in [6, 6.07) is 3.96. The molecule has 1 fully saturated rings. The Hall–Kier alpha value is -1.83. The zero-order valence-corrected chi connectivity index (χ0v) is 14.0. The van der Waals surface area contributed by atoms with Crippen LogP contribution in [0.4, 0.5) is 11.4 Å². The minimum atomic E-state index is -3.48. The minimum absolute atomic E-state index is 0.00709. The Morgan fingerprint density at radius 1 is 1.30 bits per heavy atom. The maximum atomic E-state index is 12.0. The van der Waals surface area contributed by atoms with Gasteiger partial charge in [-0.1, -0.05) is 13.3 Å². The molecule has 0 spiro atoms. The first-order valence-electron chi connectivity index (χ1n) is 7.87. The van der Waals surface area contributed by atoms with Crippen molar-refractivity contribution in [2.75, 3.05) is 10.5 Å². The summed E-state index contributed by atoms with van der Waals surface area (Å²) in [7, 11) is -3.48. The Morgan fingerprint density at radius 3 is 2.61 bits per heavy atom. The van der Waals surface area contributed by atoms with Gasteiger partial charge in [-0.15, -0.1) is 0 Å². The average Bonchev–Trinajstić information content (AvgIpc) is 2.49. The molecule has 0 amide bonds. The Labute approximate surface area is 136 Å². The minimum Gasteiger partial charge on any atom is -0.488 e. The van der Waals surface area contributed by atoms with Crippen molar-refractivity contribution in [2.24, 2.45) is 0 Å². The van der Waals surface area contributed by atoms with Crippen molar-refractivity contribution in [3.05, 3.63) is 28.3 Å². The topological polar surface area (TPSA) is 98.5 Å². The van der Waals surface area contributed by atoms with Crippen LogP contribution in [0.5, 0.6) is 5.75 Å². The summed E-state index contributed by atoms with van der Waals surface area (Å²) < 4.78 is 32.3. The second-order valence-electron chi connectivity index (χ2n) is 5.74. The Kier molecular flexibility index (Phi) is 5.81. The molecule has 0 saturated heterocycles. The summed E-state index contributed by atoms with van der Waals surface area (Å²) in [5.41, 5.74) is 0.142. The van der Waals surface area contributed by atoms with Gasteiger partial charge in [-0.2, -0.15) is 0 Å². The number of nitrogens with zero attached hydrogens (tertiary/aromatic N) is 1. The van der Waals surface area contributed by atoms with Crippen LogP contribution in [0.25, 0.3) is 0 Å². The number of benzene rings is 1. The smallest absolute Gasteiger partial charge is 0.273 e. The van der Waals surface area contributed by atoms with Crippen LogP contribution in [-0.4, -0.2) is 25.2 Å². The Morgan fingerprint density at radius 2 is 2.00 bits per heavy atom. The van der Waals surface area contributed by atoms with E-state index in [9.17, 15) is 18.5 Å². The number of nitro benzene ring substituents is 1. The predicted molar refractivity (Wildman–Crippen MR) is 88.3 cm³/mol. The molecule has 1 aliphatic rings. The average molecular weight is 342 g/mol. The molecule has 0 unspecified atom stereocenters. The van der Waals surface area contributed by atoms with Crippen LogP contribution in [0.2, 0.25) is 0 Å². The van der Waals surface area contributed by atoms with Crippen molar-refractivity contribution in [3.8, 4) is 5.75 Å². The largest absolute Gasteiger partial charge is 0.488 e. The molecule has 1 N–H and O–H groups in total. The molecule has 23 heavy (non-hydrogen) atoms. The second-order valence-corrected chi connectivity index (χ2v) is 7.58. The summed E-state index contributed by atoms with van der Waals surface area (Å²) in [6.45, 7) is 1.77. The fraction of sp³-hybridized carbons (Fsp3) is 0.600. The van der Waals surface area contributed by atoms with E-state index in [0.29, 0.717) is 6.42 Å². The third-order valence-corrected chi connectivity index (χ3v) is 5.24. The van der Waals surface area contributed by atoms with Gasteiger partial charge in [-0.25, -0.2) is 8.42 Å². The van der Waals surface area contributed by atoms with E-state index in [1.165, 1.54) is 18.2 Å². The molecule has 1 aromatic carbocycles. The van der Waals surface area contributed by atoms with Gasteiger partial charge in [0, 0.05) is 6.07 Å². The van der Waals surface area contributed by atoms with E-state index in [1.807, 2.05) is 0 Å². The van der Waals surface area contributed by atoms with Crippen LogP contribution in [0.15, 0.2) is 18.2 Å². The molecule has 0 atom stereocenters. The first kappa shape index (κ1) is 17.5. The monoisotopic (exact) mass is 342 g/mol. The number of non-ortho nitro benzene ring substituents is 1. The molecule has 0 bridgehead atoms. The van der Waals surface area contributed by atoms with Crippen molar-refractivity contribution < 1.29 is 18.1 Å².